The van der Waals surface area contributed by atoms with Gasteiger partial charge in [-0.05, 0) is 32.8 Å². The minimum Gasteiger partial charge on any atom is -0.270 e. The average Bonchev–Trinajstić information content (AvgIpc) is 2.76. The third-order valence-electron chi connectivity index (χ3n) is 3.33. The molecule has 0 aliphatic rings. The van der Waals surface area contributed by atoms with Gasteiger partial charge in [0.25, 0.3) is 0 Å². The molecule has 16 heavy (non-hydrogen) atoms. The van der Waals surface area contributed by atoms with Gasteiger partial charge in [-0.25, -0.2) is 0 Å². The highest BCUT2D eigenvalue weighted by atomic mass is 15.3. The summed E-state index contributed by atoms with van der Waals surface area (Å²) in [4.78, 5) is 0. The normalized spacial score (nSPS) is 16.4. The molecule has 0 spiro atoms. The first kappa shape index (κ1) is 12.8. The van der Waals surface area contributed by atoms with E-state index in [1.54, 1.807) is 0 Å². The molecule has 0 radical (unpaired) electrons. The molecule has 3 nitrogen and oxygen atoms in total. The molecule has 1 aromatic heterocycles. The molecule has 1 aromatic rings. The Morgan fingerprint density at radius 2 is 2.25 bits per heavy atom. The Balaban J connectivity index is 2.76. The molecule has 0 saturated heterocycles. The lowest BCUT2D eigenvalue weighted by molar-refractivity contribution is 0.408. The highest BCUT2D eigenvalue weighted by molar-refractivity contribution is 5.08. The lowest BCUT2D eigenvalue weighted by atomic mass is 9.84. The second kappa shape index (κ2) is 5.16. The molecule has 0 fully saturated rings. The van der Waals surface area contributed by atoms with Crippen molar-refractivity contribution < 1.29 is 0 Å². The van der Waals surface area contributed by atoms with Crippen LogP contribution in [0.2, 0.25) is 0 Å². The van der Waals surface area contributed by atoms with Gasteiger partial charge in [-0.2, -0.15) is 10.4 Å². The number of hydrogen-bond donors (Lipinski definition) is 0. The highest BCUT2D eigenvalue weighted by Crippen LogP contribution is 2.25. The van der Waals surface area contributed by atoms with E-state index in [0.717, 1.165) is 25.0 Å². The maximum Gasteiger partial charge on any atom is 0.0690 e. The van der Waals surface area contributed by atoms with Crippen LogP contribution in [0.3, 0.4) is 0 Å². The maximum atomic E-state index is 9.12. The first-order chi connectivity index (χ1) is 7.54. The van der Waals surface area contributed by atoms with Crippen LogP contribution >= 0.6 is 0 Å². The summed E-state index contributed by atoms with van der Waals surface area (Å²) >= 11 is 0. The van der Waals surface area contributed by atoms with E-state index in [1.165, 1.54) is 0 Å². The van der Waals surface area contributed by atoms with Gasteiger partial charge in [0, 0.05) is 18.7 Å². The SMILES string of the molecule is CCC(C)n1ccc(CC(C)(C#N)CC)n1. The zero-order chi connectivity index (χ0) is 12.2. The standard InChI is InChI=1S/C13H21N3/c1-5-11(3)16-8-7-12(15-16)9-13(4,6-2)10-14/h7-8,11H,5-6,9H2,1-4H3. The molecule has 3 heteroatoms. The van der Waals surface area contributed by atoms with Gasteiger partial charge in [0.05, 0.1) is 17.2 Å². The molecule has 0 aliphatic heterocycles. The van der Waals surface area contributed by atoms with E-state index < -0.39 is 0 Å². The van der Waals surface area contributed by atoms with Crippen molar-refractivity contribution in [3.63, 3.8) is 0 Å². The number of hydrogen-bond acceptors (Lipinski definition) is 2. The average molecular weight is 219 g/mol. The lowest BCUT2D eigenvalue weighted by Gasteiger charge is -2.17. The minimum atomic E-state index is -0.283. The molecule has 0 N–H and O–H groups in total. The van der Waals surface area contributed by atoms with Crippen molar-refractivity contribution in [3.05, 3.63) is 18.0 Å². The molecule has 0 aliphatic carbocycles. The summed E-state index contributed by atoms with van der Waals surface area (Å²) in [7, 11) is 0. The molecule has 0 saturated carbocycles. The summed E-state index contributed by atoms with van der Waals surface area (Å²) in [5.41, 5.74) is 0.737. The maximum absolute atomic E-state index is 9.12. The van der Waals surface area contributed by atoms with Crippen molar-refractivity contribution in [2.75, 3.05) is 0 Å². The molecule has 0 aromatic carbocycles. The first-order valence-corrected chi connectivity index (χ1v) is 6.00. The van der Waals surface area contributed by atoms with E-state index in [0.29, 0.717) is 6.04 Å². The van der Waals surface area contributed by atoms with Crippen LogP contribution in [0.15, 0.2) is 12.3 Å². The van der Waals surface area contributed by atoms with E-state index in [-0.39, 0.29) is 5.41 Å². The van der Waals surface area contributed by atoms with Gasteiger partial charge in [-0.3, -0.25) is 4.68 Å². The van der Waals surface area contributed by atoms with Gasteiger partial charge < -0.3 is 0 Å². The van der Waals surface area contributed by atoms with Crippen LogP contribution in [0.25, 0.3) is 0 Å². The second-order valence-electron chi connectivity index (χ2n) is 4.75. The molecule has 2 unspecified atom stereocenters. The monoisotopic (exact) mass is 219 g/mol. The van der Waals surface area contributed by atoms with E-state index >= 15 is 0 Å². The zero-order valence-corrected chi connectivity index (χ0v) is 10.7. The molecule has 1 rings (SSSR count). The molecule has 0 amide bonds. The van der Waals surface area contributed by atoms with Crippen molar-refractivity contribution in [2.24, 2.45) is 5.41 Å². The van der Waals surface area contributed by atoms with Crippen molar-refractivity contribution >= 4 is 0 Å². The van der Waals surface area contributed by atoms with E-state index in [1.807, 2.05) is 23.9 Å². The largest absolute Gasteiger partial charge is 0.270 e. The van der Waals surface area contributed by atoms with Gasteiger partial charge in [0.15, 0.2) is 0 Å². The van der Waals surface area contributed by atoms with Crippen molar-refractivity contribution in [2.45, 2.75) is 53.0 Å². The van der Waals surface area contributed by atoms with Gasteiger partial charge in [-0.1, -0.05) is 13.8 Å². The summed E-state index contributed by atoms with van der Waals surface area (Å²) in [6, 6.07) is 4.84. The van der Waals surface area contributed by atoms with Crippen molar-refractivity contribution in [3.8, 4) is 6.07 Å². The van der Waals surface area contributed by atoms with Crippen molar-refractivity contribution in [1.29, 1.82) is 5.26 Å². The van der Waals surface area contributed by atoms with Crippen LogP contribution < -0.4 is 0 Å². The molecule has 0 bridgehead atoms. The Kier molecular flexibility index (Phi) is 4.12. The smallest absolute Gasteiger partial charge is 0.0690 e. The summed E-state index contributed by atoms with van der Waals surface area (Å²) in [6.07, 6.45) is 4.69. The number of rotatable bonds is 5. The van der Waals surface area contributed by atoms with Crippen LogP contribution in [0.5, 0.6) is 0 Å². The molecular weight excluding hydrogens is 198 g/mol. The lowest BCUT2D eigenvalue weighted by Crippen LogP contribution is -2.16. The summed E-state index contributed by atoms with van der Waals surface area (Å²) in [5, 5.41) is 13.7. The third-order valence-corrected chi connectivity index (χ3v) is 3.33. The quantitative estimate of drug-likeness (QED) is 0.762. The van der Waals surface area contributed by atoms with Crippen LogP contribution in [-0.2, 0) is 6.42 Å². The van der Waals surface area contributed by atoms with Crippen LogP contribution in [0, 0.1) is 16.7 Å². The predicted molar refractivity (Wildman–Crippen MR) is 64.9 cm³/mol. The van der Waals surface area contributed by atoms with E-state index in [9.17, 15) is 0 Å². The first-order valence-electron chi connectivity index (χ1n) is 6.00. The predicted octanol–water partition coefficient (Wildman–Crippen LogP) is 3.34. The highest BCUT2D eigenvalue weighted by Gasteiger charge is 2.23. The van der Waals surface area contributed by atoms with Crippen LogP contribution in [-0.4, -0.2) is 9.78 Å². The number of nitriles is 1. The molecule has 88 valence electrons. The summed E-state index contributed by atoms with van der Waals surface area (Å²) < 4.78 is 1.99. The number of nitrogens with zero attached hydrogens (tertiary/aromatic N) is 3. The van der Waals surface area contributed by atoms with Crippen LogP contribution in [0.4, 0.5) is 0 Å². The van der Waals surface area contributed by atoms with E-state index in [4.69, 9.17) is 5.26 Å². The topological polar surface area (TPSA) is 41.6 Å². The Morgan fingerprint density at radius 1 is 1.56 bits per heavy atom. The fourth-order valence-electron chi connectivity index (χ4n) is 1.55. The second-order valence-corrected chi connectivity index (χ2v) is 4.75. The third kappa shape index (κ3) is 2.85. The van der Waals surface area contributed by atoms with Crippen LogP contribution in [0.1, 0.15) is 52.3 Å². The van der Waals surface area contributed by atoms with E-state index in [2.05, 4.69) is 31.9 Å². The molecule has 2 atom stereocenters. The van der Waals surface area contributed by atoms with Gasteiger partial charge in [0.2, 0.25) is 0 Å². The Morgan fingerprint density at radius 3 is 2.75 bits per heavy atom. The molecule has 1 heterocycles. The summed E-state index contributed by atoms with van der Waals surface area (Å²) in [5.74, 6) is 0. The van der Waals surface area contributed by atoms with Gasteiger partial charge >= 0.3 is 0 Å². The fourth-order valence-corrected chi connectivity index (χ4v) is 1.55. The Bertz CT molecular complexity index is 375. The zero-order valence-electron chi connectivity index (χ0n) is 10.7. The van der Waals surface area contributed by atoms with Gasteiger partial charge in [-0.15, -0.1) is 0 Å². The van der Waals surface area contributed by atoms with Crippen molar-refractivity contribution in [1.82, 2.24) is 9.78 Å². The number of aromatic nitrogens is 2. The van der Waals surface area contributed by atoms with Gasteiger partial charge in [0.1, 0.15) is 0 Å². The fraction of sp³-hybridized carbons (Fsp3) is 0.692. The summed E-state index contributed by atoms with van der Waals surface area (Å²) in [6.45, 7) is 8.35. The Hall–Kier alpha value is -1.30. The Labute approximate surface area is 98.1 Å². The molecular formula is C13H21N3. The minimum absolute atomic E-state index is 0.283.